The summed E-state index contributed by atoms with van der Waals surface area (Å²) in [6, 6.07) is 0. The van der Waals surface area contributed by atoms with Gasteiger partial charge in [0.05, 0.1) is 0 Å². The van der Waals surface area contributed by atoms with Crippen LogP contribution in [-0.2, 0) is 0 Å². The molecule has 1 heteroatoms. The first kappa shape index (κ1) is 10.3. The maximum Gasteiger partial charge on any atom is 0.00981 e. The van der Waals surface area contributed by atoms with E-state index in [2.05, 4.69) is 23.4 Å². The number of rotatable bonds is 5. The van der Waals surface area contributed by atoms with Gasteiger partial charge in [-0.05, 0) is 44.7 Å². The van der Waals surface area contributed by atoms with Crippen LogP contribution in [0.15, 0.2) is 12.2 Å². The van der Waals surface area contributed by atoms with Crippen molar-refractivity contribution < 1.29 is 0 Å². The minimum atomic E-state index is 0.857. The van der Waals surface area contributed by atoms with Gasteiger partial charge in [0.15, 0.2) is 0 Å². The highest BCUT2D eigenvalue weighted by molar-refractivity contribution is 4.90. The lowest BCUT2D eigenvalue weighted by molar-refractivity contribution is 0.440. The van der Waals surface area contributed by atoms with E-state index in [4.69, 9.17) is 6.42 Å². The Balaban J connectivity index is 1.93. The Morgan fingerprint density at radius 3 is 3.08 bits per heavy atom. The van der Waals surface area contributed by atoms with E-state index in [0.717, 1.165) is 31.8 Å². The molecule has 1 unspecified atom stereocenters. The molecule has 0 aromatic heterocycles. The van der Waals surface area contributed by atoms with Gasteiger partial charge in [0, 0.05) is 6.42 Å². The summed E-state index contributed by atoms with van der Waals surface area (Å²) in [5.41, 5.74) is 0. The summed E-state index contributed by atoms with van der Waals surface area (Å²) in [4.78, 5) is 0. The highest BCUT2D eigenvalue weighted by Crippen LogP contribution is 2.16. The monoisotopic (exact) mass is 177 g/mol. The zero-order chi connectivity index (χ0) is 9.36. The average Bonchev–Trinajstić information content (AvgIpc) is 2.19. The van der Waals surface area contributed by atoms with Crippen molar-refractivity contribution >= 4 is 0 Å². The van der Waals surface area contributed by atoms with Crippen LogP contribution in [0.4, 0.5) is 0 Å². The highest BCUT2D eigenvalue weighted by Gasteiger charge is 2.08. The fourth-order valence-corrected chi connectivity index (χ4v) is 1.66. The summed E-state index contributed by atoms with van der Waals surface area (Å²) in [6.07, 6.45) is 15.6. The highest BCUT2D eigenvalue weighted by atomic mass is 14.8. The maximum atomic E-state index is 5.17. The van der Waals surface area contributed by atoms with E-state index in [1.54, 1.807) is 0 Å². The molecule has 0 radical (unpaired) electrons. The molecular weight excluding hydrogens is 158 g/mol. The lowest BCUT2D eigenvalue weighted by atomic mass is 9.94. The van der Waals surface area contributed by atoms with Crippen molar-refractivity contribution in [2.75, 3.05) is 13.1 Å². The van der Waals surface area contributed by atoms with Crippen molar-refractivity contribution in [3.8, 4) is 12.3 Å². The largest absolute Gasteiger partial charge is 0.316 e. The summed E-state index contributed by atoms with van der Waals surface area (Å²) >= 11 is 0. The molecular formula is C12H19N. The quantitative estimate of drug-likeness (QED) is 0.386. The first-order valence-corrected chi connectivity index (χ1v) is 5.22. The van der Waals surface area contributed by atoms with Gasteiger partial charge in [0.2, 0.25) is 0 Å². The molecule has 0 bridgehead atoms. The lowest BCUT2D eigenvalue weighted by Crippen LogP contribution is -2.24. The third-order valence-electron chi connectivity index (χ3n) is 2.49. The Bertz CT molecular complexity index is 188. The predicted molar refractivity (Wildman–Crippen MR) is 57.4 cm³/mol. The minimum absolute atomic E-state index is 0.857. The van der Waals surface area contributed by atoms with Gasteiger partial charge < -0.3 is 5.32 Å². The smallest absolute Gasteiger partial charge is 0.00981 e. The SMILES string of the molecule is C#CCCCNCC1CC=CCC1. The van der Waals surface area contributed by atoms with Crippen molar-refractivity contribution in [2.24, 2.45) is 5.92 Å². The minimum Gasteiger partial charge on any atom is -0.316 e. The van der Waals surface area contributed by atoms with Crippen LogP contribution >= 0.6 is 0 Å². The summed E-state index contributed by atoms with van der Waals surface area (Å²) in [6.45, 7) is 2.24. The van der Waals surface area contributed by atoms with E-state index in [-0.39, 0.29) is 0 Å². The molecule has 1 nitrogen and oxygen atoms in total. The fraction of sp³-hybridized carbons (Fsp3) is 0.667. The molecule has 1 aliphatic rings. The molecule has 1 atom stereocenters. The van der Waals surface area contributed by atoms with Gasteiger partial charge in [0.1, 0.15) is 0 Å². The molecule has 0 heterocycles. The molecule has 0 saturated carbocycles. The van der Waals surface area contributed by atoms with E-state index in [9.17, 15) is 0 Å². The van der Waals surface area contributed by atoms with Crippen LogP contribution < -0.4 is 5.32 Å². The average molecular weight is 177 g/mol. The topological polar surface area (TPSA) is 12.0 Å². The Hall–Kier alpha value is -0.740. The molecule has 1 rings (SSSR count). The van der Waals surface area contributed by atoms with Crippen molar-refractivity contribution in [2.45, 2.75) is 32.1 Å². The number of allylic oxidation sites excluding steroid dienone is 2. The van der Waals surface area contributed by atoms with Crippen LogP contribution in [0.3, 0.4) is 0 Å². The molecule has 0 spiro atoms. The lowest BCUT2D eigenvalue weighted by Gasteiger charge is -2.17. The van der Waals surface area contributed by atoms with Gasteiger partial charge in [-0.25, -0.2) is 0 Å². The molecule has 0 fully saturated rings. The molecule has 0 aromatic carbocycles. The number of hydrogen-bond acceptors (Lipinski definition) is 1. The van der Waals surface area contributed by atoms with Gasteiger partial charge in [-0.2, -0.15) is 0 Å². The summed E-state index contributed by atoms with van der Waals surface area (Å²) in [5, 5.41) is 3.46. The van der Waals surface area contributed by atoms with Gasteiger partial charge in [-0.15, -0.1) is 12.3 Å². The molecule has 72 valence electrons. The van der Waals surface area contributed by atoms with Crippen molar-refractivity contribution in [1.82, 2.24) is 5.32 Å². The normalized spacial score (nSPS) is 21.3. The zero-order valence-electron chi connectivity index (χ0n) is 8.26. The van der Waals surface area contributed by atoms with E-state index in [1.165, 1.54) is 19.3 Å². The summed E-state index contributed by atoms with van der Waals surface area (Å²) in [7, 11) is 0. The molecule has 0 saturated heterocycles. The van der Waals surface area contributed by atoms with Crippen LogP contribution in [-0.4, -0.2) is 13.1 Å². The van der Waals surface area contributed by atoms with Gasteiger partial charge >= 0.3 is 0 Å². The van der Waals surface area contributed by atoms with Crippen molar-refractivity contribution in [3.05, 3.63) is 12.2 Å². The first-order chi connectivity index (χ1) is 6.43. The van der Waals surface area contributed by atoms with Gasteiger partial charge in [-0.1, -0.05) is 12.2 Å². The molecule has 0 aliphatic heterocycles. The molecule has 0 amide bonds. The van der Waals surface area contributed by atoms with Gasteiger partial charge in [-0.3, -0.25) is 0 Å². The standard InChI is InChI=1S/C12H19N/c1-2-3-7-10-13-11-12-8-5-4-6-9-12/h1,4-5,12-13H,3,6-11H2. The summed E-state index contributed by atoms with van der Waals surface area (Å²) < 4.78 is 0. The van der Waals surface area contributed by atoms with Gasteiger partial charge in [0.25, 0.3) is 0 Å². The number of unbranched alkanes of at least 4 members (excludes halogenated alkanes) is 1. The fourth-order valence-electron chi connectivity index (χ4n) is 1.66. The van der Waals surface area contributed by atoms with Crippen LogP contribution in [0.25, 0.3) is 0 Å². The van der Waals surface area contributed by atoms with E-state index < -0.39 is 0 Å². The second-order valence-electron chi connectivity index (χ2n) is 3.66. The Labute approximate surface area is 81.6 Å². The maximum absolute atomic E-state index is 5.17. The van der Waals surface area contributed by atoms with Crippen LogP contribution in [0.5, 0.6) is 0 Å². The number of hydrogen-bond donors (Lipinski definition) is 1. The third-order valence-corrected chi connectivity index (χ3v) is 2.49. The third kappa shape index (κ3) is 4.75. The molecule has 13 heavy (non-hydrogen) atoms. The van der Waals surface area contributed by atoms with Crippen LogP contribution in [0, 0.1) is 18.3 Å². The van der Waals surface area contributed by atoms with E-state index in [1.807, 2.05) is 0 Å². The summed E-state index contributed by atoms with van der Waals surface area (Å²) in [5.74, 6) is 3.51. The Morgan fingerprint density at radius 1 is 1.46 bits per heavy atom. The Morgan fingerprint density at radius 2 is 2.38 bits per heavy atom. The Kier molecular flexibility index (Phi) is 5.36. The van der Waals surface area contributed by atoms with Crippen LogP contribution in [0.2, 0.25) is 0 Å². The second-order valence-corrected chi connectivity index (χ2v) is 3.66. The van der Waals surface area contributed by atoms with E-state index >= 15 is 0 Å². The number of nitrogens with one attached hydrogen (secondary N) is 1. The van der Waals surface area contributed by atoms with Crippen molar-refractivity contribution in [3.63, 3.8) is 0 Å². The van der Waals surface area contributed by atoms with Crippen LogP contribution in [0.1, 0.15) is 32.1 Å². The molecule has 1 aliphatic carbocycles. The predicted octanol–water partition coefficient (Wildman–Crippen LogP) is 2.35. The number of terminal acetylenes is 1. The zero-order valence-corrected chi connectivity index (χ0v) is 8.26. The molecule has 0 aromatic rings. The van der Waals surface area contributed by atoms with Crippen molar-refractivity contribution in [1.29, 1.82) is 0 Å². The molecule has 1 N–H and O–H groups in total. The first-order valence-electron chi connectivity index (χ1n) is 5.22. The second kappa shape index (κ2) is 6.74. The van der Waals surface area contributed by atoms with E-state index in [0.29, 0.717) is 0 Å².